The zero-order valence-electron chi connectivity index (χ0n) is 63.9. The van der Waals surface area contributed by atoms with Gasteiger partial charge in [-0.2, -0.15) is 0 Å². The van der Waals surface area contributed by atoms with E-state index in [4.69, 9.17) is 74.8 Å². The molecule has 29 nitrogen and oxygen atoms in total. The number of carbonyl (C=O) groups excluding carboxylic acids is 4. The first-order valence-corrected chi connectivity index (χ1v) is 34.8. The van der Waals surface area contributed by atoms with Gasteiger partial charge >= 0.3 is 22.8 Å². The lowest BCUT2D eigenvalue weighted by Gasteiger charge is -2.46. The molecule has 6 N–H and O–H groups in total. The number of aromatic hydroxyl groups is 1. The number of hydrogen-bond donors (Lipinski definition) is 6. The van der Waals surface area contributed by atoms with Crippen LogP contribution in [0.15, 0.2) is 210 Å². The first kappa shape index (κ1) is 81.1. The summed E-state index contributed by atoms with van der Waals surface area (Å²) in [6.07, 6.45) is -4.83. The molecule has 9 aromatic carbocycles. The van der Waals surface area contributed by atoms with Gasteiger partial charge in [0.05, 0.1) is 69.6 Å². The van der Waals surface area contributed by atoms with Crippen LogP contribution in [-0.4, -0.2) is 140 Å². The molecule has 3 aromatic heterocycles. The van der Waals surface area contributed by atoms with Crippen LogP contribution in [0, 0.1) is 0 Å². The maximum absolute atomic E-state index is 13.3. The molecule has 0 aliphatic carbocycles. The number of hydrogen-bond acceptors (Lipinski definition) is 26. The zero-order chi connectivity index (χ0) is 81.8. The maximum Gasteiger partial charge on any atom is 0.360 e. The number of nitrogens with one attached hydrogen (secondary N) is 3. The number of carbonyl (C=O) groups is 4. The van der Waals surface area contributed by atoms with E-state index in [2.05, 4.69) is 16.0 Å². The minimum atomic E-state index is -1.45. The number of benzene rings is 9. The second kappa shape index (κ2) is 35.4. The molecule has 12 aromatic rings. The quantitative estimate of drug-likeness (QED) is 0.0208. The summed E-state index contributed by atoms with van der Waals surface area (Å²) < 4.78 is 86.7. The number of aliphatic hydroxyl groups is 2. The van der Waals surface area contributed by atoms with E-state index in [0.29, 0.717) is 78.5 Å². The highest BCUT2D eigenvalue weighted by molar-refractivity contribution is 6.08. The fourth-order valence-electron chi connectivity index (χ4n) is 12.6. The summed E-state index contributed by atoms with van der Waals surface area (Å²) in [6.45, 7) is 4.65. The summed E-state index contributed by atoms with van der Waals surface area (Å²) in [6, 6.07) is 50.4. The summed E-state index contributed by atoms with van der Waals surface area (Å²) in [7, 11) is 14.8. The molecule has 1 unspecified atom stereocenters. The van der Waals surface area contributed by atoms with Gasteiger partial charge in [0.25, 0.3) is 17.7 Å². The van der Waals surface area contributed by atoms with Crippen LogP contribution in [0.1, 0.15) is 51.8 Å². The lowest BCUT2D eigenvalue weighted by atomic mass is 9.89. The number of esters is 1. The molecule has 4 atom stereocenters. The van der Waals surface area contributed by atoms with Crippen molar-refractivity contribution in [1.82, 2.24) is 0 Å². The SMILES string of the molecule is COc1cccc(-c2cc(C(=O)Nc3cc4ccc(O)c(OC)c4oc3=O)ccc2OC)c1.COc1cccc(-c2cc(C(=O)Nc3cc4ccc(OC(C)=O)c(OC)c4oc3=O)ccc2OC)c1.COc1cccc(-c2cc(C(=O)Nc3cc4ccc(O[C@@H]5OC(C)(C)[C@H](OC)C(O)[C@@H]5O)c(OC)c4oc3=O)ccc2OC)c1. The number of phenols is 1. The second-order valence-electron chi connectivity index (χ2n) is 25.7. The Balaban J connectivity index is 0.000000171. The molecule has 1 saturated heterocycles. The highest BCUT2D eigenvalue weighted by atomic mass is 16.7. The molecule has 0 bridgehead atoms. The van der Waals surface area contributed by atoms with Gasteiger partial charge in [-0.05, 0) is 176 Å². The number of rotatable bonds is 22. The third-order valence-corrected chi connectivity index (χ3v) is 18.2. The van der Waals surface area contributed by atoms with Gasteiger partial charge in [-0.15, -0.1) is 0 Å². The fourth-order valence-corrected chi connectivity index (χ4v) is 12.6. The molecule has 0 radical (unpaired) electrons. The first-order valence-electron chi connectivity index (χ1n) is 34.8. The van der Waals surface area contributed by atoms with Gasteiger partial charge in [-0.3, -0.25) is 19.2 Å². The Morgan fingerprint density at radius 2 is 0.746 bits per heavy atom. The summed E-state index contributed by atoms with van der Waals surface area (Å²) in [5.41, 5.74) is 1.92. The van der Waals surface area contributed by atoms with Gasteiger partial charge in [0.2, 0.25) is 23.5 Å². The molecule has 0 spiro atoms. The molecule has 13 rings (SSSR count). The topological polar surface area (TPSA) is 376 Å². The van der Waals surface area contributed by atoms with E-state index < -0.39 is 70.8 Å². The number of methoxy groups -OCH3 is 10. The third-order valence-electron chi connectivity index (χ3n) is 18.2. The van der Waals surface area contributed by atoms with E-state index in [9.17, 15) is 48.9 Å². The maximum atomic E-state index is 13.3. The summed E-state index contributed by atoms with van der Waals surface area (Å²) in [5.74, 6) is 1.80. The van der Waals surface area contributed by atoms with Crippen LogP contribution in [0.3, 0.4) is 0 Å². The molecule has 0 saturated carbocycles. The van der Waals surface area contributed by atoms with Crippen LogP contribution in [-0.2, 0) is 14.3 Å². The van der Waals surface area contributed by atoms with Crippen molar-refractivity contribution in [3.8, 4) is 102 Å². The molecular weight excluding hydrogens is 1480 g/mol. The van der Waals surface area contributed by atoms with Crippen LogP contribution in [0.25, 0.3) is 66.3 Å². The van der Waals surface area contributed by atoms with Crippen molar-refractivity contribution in [1.29, 1.82) is 0 Å². The van der Waals surface area contributed by atoms with Crippen LogP contribution < -0.4 is 84.9 Å². The van der Waals surface area contributed by atoms with Crippen LogP contribution in [0.5, 0.6) is 69.0 Å². The Hall–Kier alpha value is -13.9. The lowest BCUT2D eigenvalue weighted by Crippen LogP contribution is -2.63. The Labute approximate surface area is 650 Å². The molecule has 4 heterocycles. The van der Waals surface area contributed by atoms with Crippen LogP contribution in [0.4, 0.5) is 17.1 Å². The van der Waals surface area contributed by atoms with Crippen molar-refractivity contribution in [2.24, 2.45) is 0 Å². The summed E-state index contributed by atoms with van der Waals surface area (Å²) in [4.78, 5) is 88.9. The molecular formula is C85H79N3O26. The molecule has 590 valence electrons. The van der Waals surface area contributed by atoms with E-state index in [1.165, 1.54) is 78.9 Å². The number of fused-ring (bicyclic) bond motifs is 3. The van der Waals surface area contributed by atoms with Crippen molar-refractivity contribution in [3.05, 3.63) is 230 Å². The number of phenolic OH excluding ortho intramolecular Hbond substituents is 1. The average molecular weight is 1560 g/mol. The minimum Gasteiger partial charge on any atom is -0.504 e. The monoisotopic (exact) mass is 1560 g/mol. The number of ether oxygens (including phenoxy) is 13. The van der Waals surface area contributed by atoms with Crippen LogP contribution in [0.2, 0.25) is 0 Å². The van der Waals surface area contributed by atoms with Crippen molar-refractivity contribution in [2.75, 3.05) is 87.0 Å². The van der Waals surface area contributed by atoms with E-state index in [0.717, 1.165) is 16.7 Å². The Kier molecular flexibility index (Phi) is 25.2. The average Bonchev–Trinajstić information content (AvgIpc) is 0.779. The largest absolute Gasteiger partial charge is 0.504 e. The van der Waals surface area contributed by atoms with Gasteiger partial charge in [-0.25, -0.2) is 14.4 Å². The van der Waals surface area contributed by atoms with Crippen molar-refractivity contribution < 1.29 is 109 Å². The number of aliphatic hydroxyl groups excluding tert-OH is 2. The first-order chi connectivity index (χ1) is 54.8. The Bertz CT molecular complexity index is 5810. The van der Waals surface area contributed by atoms with E-state index >= 15 is 0 Å². The van der Waals surface area contributed by atoms with Gasteiger partial charge in [0.15, 0.2) is 34.0 Å². The van der Waals surface area contributed by atoms with Gasteiger partial charge in [0.1, 0.15) is 69.9 Å². The van der Waals surface area contributed by atoms with E-state index in [1.807, 2.05) is 72.8 Å². The number of amides is 3. The summed E-state index contributed by atoms with van der Waals surface area (Å²) in [5, 5.41) is 40.3. The molecule has 3 amide bonds. The molecule has 1 fully saturated rings. The fraction of sp³-hybridized carbons (Fsp3) is 0.212. The zero-order valence-corrected chi connectivity index (χ0v) is 63.9. The van der Waals surface area contributed by atoms with Gasteiger partial charge in [0, 0.05) is 63.6 Å². The Morgan fingerprint density at radius 1 is 0.395 bits per heavy atom. The normalized spacial score (nSPS) is 14.6. The predicted octanol–water partition coefficient (Wildman–Crippen LogP) is 13.1. The second-order valence-corrected chi connectivity index (χ2v) is 25.7. The smallest absolute Gasteiger partial charge is 0.360 e. The lowest BCUT2D eigenvalue weighted by molar-refractivity contribution is -0.306. The molecule has 1 aliphatic heterocycles. The van der Waals surface area contributed by atoms with Crippen molar-refractivity contribution in [2.45, 2.75) is 51.0 Å². The number of anilines is 3. The molecule has 1 aliphatic rings. The van der Waals surface area contributed by atoms with Crippen molar-refractivity contribution in [3.63, 3.8) is 0 Å². The highest BCUT2D eigenvalue weighted by Crippen LogP contribution is 2.43. The Morgan fingerprint density at radius 3 is 1.10 bits per heavy atom. The molecule has 29 heteroatoms. The van der Waals surface area contributed by atoms with E-state index in [1.54, 1.807) is 122 Å². The standard InChI is InChI=1S/C33H35NO11.C27H23NO8.C25H21NO7/c1-33(2)29(42-6)25(35)26(36)32(45-33)43-24-13-10-18-16-22(31(38)44-27(18)28(24)41-5)34-30(37)19-11-12-23(40-4)21(15-19)17-8-7-9-20(14-17)39-3;1-15(29)35-23-11-8-17-14-21(27(31)36-24(17)25(23)34-4)28-26(30)18-9-10-22(33-3)20(13-18)16-6-5-7-19(12-16)32-2;1-30-17-6-4-5-14(11-17)18-12-16(8-10-21(18)31-2)24(28)26-19-13-15-7-9-20(27)23(32-3)22(15)33-25(19)29/h7-16,25-26,29,32,35-36H,1-6H3,(H,34,37);5-14H,1-4H3,(H,28,30);4-13,27H,1-3H3,(H,26,28)/t25?,26-,29+,32+;;/m0../s1. The van der Waals surface area contributed by atoms with Gasteiger partial charge in [-0.1, -0.05) is 36.4 Å². The predicted molar refractivity (Wildman–Crippen MR) is 421 cm³/mol. The highest BCUT2D eigenvalue weighted by Gasteiger charge is 2.51. The summed E-state index contributed by atoms with van der Waals surface area (Å²) >= 11 is 0. The third kappa shape index (κ3) is 17.6. The van der Waals surface area contributed by atoms with E-state index in [-0.39, 0.29) is 73.9 Å². The minimum absolute atomic E-state index is 0.0422. The van der Waals surface area contributed by atoms with Gasteiger partial charge < -0.3 is 106 Å². The van der Waals surface area contributed by atoms with Crippen molar-refractivity contribution >= 4 is 73.7 Å². The molecule has 114 heavy (non-hydrogen) atoms. The van der Waals surface area contributed by atoms with Crippen LogP contribution >= 0.6 is 0 Å².